The Bertz CT molecular complexity index is 734. The predicted molar refractivity (Wildman–Crippen MR) is 82.9 cm³/mol. The molecule has 21 heavy (non-hydrogen) atoms. The number of nitrogens with zero attached hydrogens (tertiary/aromatic N) is 4. The molecular formula is C12H20ClN5O2S. The molecule has 9 heteroatoms. The maximum Gasteiger partial charge on any atom is 0.208 e. The van der Waals surface area contributed by atoms with Gasteiger partial charge < -0.3 is 4.57 Å². The van der Waals surface area contributed by atoms with E-state index in [1.54, 1.807) is 4.68 Å². The van der Waals surface area contributed by atoms with Crippen molar-refractivity contribution in [2.75, 3.05) is 12.8 Å². The van der Waals surface area contributed by atoms with Crippen molar-refractivity contribution in [1.29, 1.82) is 0 Å². The van der Waals surface area contributed by atoms with Gasteiger partial charge in [0.25, 0.3) is 0 Å². The number of hydrogen-bond acceptors (Lipinski definition) is 4. The van der Waals surface area contributed by atoms with Crippen LogP contribution in [0.3, 0.4) is 0 Å². The first-order chi connectivity index (χ1) is 9.87. The minimum Gasteiger partial charge on any atom is -0.312 e. The lowest BCUT2D eigenvalue weighted by atomic mass is 10.3. The molecule has 2 heterocycles. The Morgan fingerprint density at radius 1 is 1.38 bits per heavy atom. The minimum atomic E-state index is -3.15. The standard InChI is InChI=1S/C12H20ClN5O2S/c1-4-9-11-12(17(2)16-9)18(10(8-13)15-11)7-5-6-14-21(3,19)20/h14H,4-8H2,1-3H3. The van der Waals surface area contributed by atoms with Crippen molar-refractivity contribution in [2.24, 2.45) is 7.05 Å². The minimum absolute atomic E-state index is 0.317. The van der Waals surface area contributed by atoms with Crippen LogP contribution in [0.25, 0.3) is 11.2 Å². The molecule has 2 aromatic rings. The second-order valence-corrected chi connectivity index (χ2v) is 7.03. The SMILES string of the molecule is CCc1nn(C)c2c1nc(CCl)n2CCCNS(C)(=O)=O. The lowest BCUT2D eigenvalue weighted by Gasteiger charge is -2.08. The second-order valence-electron chi connectivity index (χ2n) is 4.93. The summed E-state index contributed by atoms with van der Waals surface area (Å²) in [5.74, 6) is 1.10. The van der Waals surface area contributed by atoms with Crippen LogP contribution in [0.5, 0.6) is 0 Å². The molecule has 0 spiro atoms. The van der Waals surface area contributed by atoms with E-state index in [1.807, 2.05) is 18.5 Å². The molecule has 0 aromatic carbocycles. The van der Waals surface area contributed by atoms with Gasteiger partial charge in [0, 0.05) is 20.1 Å². The van der Waals surface area contributed by atoms with E-state index in [4.69, 9.17) is 11.6 Å². The van der Waals surface area contributed by atoms with Gasteiger partial charge in [-0.05, 0) is 12.8 Å². The van der Waals surface area contributed by atoms with Crippen LogP contribution < -0.4 is 4.72 Å². The number of aryl methyl sites for hydroxylation is 3. The van der Waals surface area contributed by atoms with E-state index in [0.717, 1.165) is 35.4 Å². The fourth-order valence-electron chi connectivity index (χ4n) is 2.36. The number of rotatable bonds is 7. The molecule has 0 atom stereocenters. The van der Waals surface area contributed by atoms with Crippen LogP contribution in [0.15, 0.2) is 0 Å². The van der Waals surface area contributed by atoms with Crippen LogP contribution in [0, 0.1) is 0 Å². The molecule has 0 saturated heterocycles. The van der Waals surface area contributed by atoms with Crippen LogP contribution in [0.2, 0.25) is 0 Å². The fourth-order valence-corrected chi connectivity index (χ4v) is 3.08. The summed E-state index contributed by atoms with van der Waals surface area (Å²) >= 11 is 5.97. The summed E-state index contributed by atoms with van der Waals surface area (Å²) in [6.07, 6.45) is 2.63. The van der Waals surface area contributed by atoms with E-state index < -0.39 is 10.0 Å². The molecule has 0 radical (unpaired) electrons. The predicted octanol–water partition coefficient (Wildman–Crippen LogP) is 1.01. The Morgan fingerprint density at radius 2 is 2.10 bits per heavy atom. The first-order valence-corrected chi connectivity index (χ1v) is 9.21. The van der Waals surface area contributed by atoms with Gasteiger partial charge >= 0.3 is 0 Å². The Hall–Kier alpha value is -1.12. The number of aromatic nitrogens is 4. The lowest BCUT2D eigenvalue weighted by Crippen LogP contribution is -2.24. The van der Waals surface area contributed by atoms with E-state index >= 15 is 0 Å². The summed E-state index contributed by atoms with van der Waals surface area (Å²) < 4.78 is 28.4. The molecule has 0 fully saturated rings. The van der Waals surface area contributed by atoms with Gasteiger partial charge in [0.2, 0.25) is 10.0 Å². The van der Waals surface area contributed by atoms with Gasteiger partial charge in [0.15, 0.2) is 5.65 Å². The van der Waals surface area contributed by atoms with E-state index in [9.17, 15) is 8.42 Å². The zero-order valence-corrected chi connectivity index (χ0v) is 14.0. The Kier molecular flexibility index (Phi) is 4.90. The van der Waals surface area contributed by atoms with Gasteiger partial charge in [-0.3, -0.25) is 4.68 Å². The maximum absolute atomic E-state index is 11.1. The van der Waals surface area contributed by atoms with Crippen molar-refractivity contribution in [3.8, 4) is 0 Å². The number of sulfonamides is 1. The van der Waals surface area contributed by atoms with Crippen LogP contribution in [-0.4, -0.2) is 40.5 Å². The third kappa shape index (κ3) is 3.56. The van der Waals surface area contributed by atoms with Crippen LogP contribution in [-0.2, 0) is 35.9 Å². The number of imidazole rings is 1. The van der Waals surface area contributed by atoms with Gasteiger partial charge in [-0.2, -0.15) is 5.10 Å². The van der Waals surface area contributed by atoms with Crippen LogP contribution in [0.4, 0.5) is 0 Å². The van der Waals surface area contributed by atoms with Crippen molar-refractivity contribution in [1.82, 2.24) is 24.1 Å². The summed E-state index contributed by atoms with van der Waals surface area (Å²) in [4.78, 5) is 4.56. The van der Waals surface area contributed by atoms with Crippen LogP contribution in [0.1, 0.15) is 24.9 Å². The molecule has 1 N–H and O–H groups in total. The van der Waals surface area contributed by atoms with Crippen LogP contribution >= 0.6 is 11.6 Å². The Labute approximate surface area is 129 Å². The van der Waals surface area contributed by atoms with Gasteiger partial charge in [-0.1, -0.05) is 6.92 Å². The zero-order valence-electron chi connectivity index (χ0n) is 12.4. The number of alkyl halides is 1. The summed E-state index contributed by atoms with van der Waals surface area (Å²) in [5, 5.41) is 4.45. The van der Waals surface area contributed by atoms with Gasteiger partial charge in [0.05, 0.1) is 17.8 Å². The lowest BCUT2D eigenvalue weighted by molar-refractivity contribution is 0.571. The molecule has 2 aromatic heterocycles. The highest BCUT2D eigenvalue weighted by Crippen LogP contribution is 2.21. The normalized spacial score (nSPS) is 12.4. The van der Waals surface area contributed by atoms with Gasteiger partial charge in [0.1, 0.15) is 11.3 Å². The maximum atomic E-state index is 11.1. The highest BCUT2D eigenvalue weighted by molar-refractivity contribution is 7.88. The third-order valence-corrected chi connectivity index (χ3v) is 4.22. The van der Waals surface area contributed by atoms with E-state index in [2.05, 4.69) is 14.8 Å². The summed E-state index contributed by atoms with van der Waals surface area (Å²) in [5.41, 5.74) is 2.76. The monoisotopic (exact) mass is 333 g/mol. The van der Waals surface area contributed by atoms with E-state index in [-0.39, 0.29) is 0 Å². The average Bonchev–Trinajstić information content (AvgIpc) is 2.91. The molecule has 0 saturated carbocycles. The summed E-state index contributed by atoms with van der Waals surface area (Å²) in [6, 6.07) is 0. The highest BCUT2D eigenvalue weighted by atomic mass is 35.5. The number of hydrogen-bond donors (Lipinski definition) is 1. The van der Waals surface area contributed by atoms with Gasteiger partial charge in [-0.15, -0.1) is 11.6 Å². The van der Waals surface area contributed by atoms with Gasteiger partial charge in [-0.25, -0.2) is 18.1 Å². The first kappa shape index (κ1) is 16.3. The molecule has 0 unspecified atom stereocenters. The largest absolute Gasteiger partial charge is 0.312 e. The molecule has 0 amide bonds. The molecule has 118 valence electrons. The topological polar surface area (TPSA) is 81.8 Å². The molecule has 0 aliphatic heterocycles. The third-order valence-electron chi connectivity index (χ3n) is 3.25. The Morgan fingerprint density at radius 3 is 2.67 bits per heavy atom. The summed E-state index contributed by atoms with van der Waals surface area (Å²) in [7, 11) is -1.27. The highest BCUT2D eigenvalue weighted by Gasteiger charge is 2.17. The molecule has 0 aliphatic carbocycles. The zero-order chi connectivity index (χ0) is 15.6. The quantitative estimate of drug-likeness (QED) is 0.605. The van der Waals surface area contributed by atoms with Crippen molar-refractivity contribution in [3.63, 3.8) is 0 Å². The van der Waals surface area contributed by atoms with E-state index in [0.29, 0.717) is 25.4 Å². The van der Waals surface area contributed by atoms with Crippen molar-refractivity contribution in [2.45, 2.75) is 32.2 Å². The molecule has 2 rings (SSSR count). The van der Waals surface area contributed by atoms with Crippen molar-refractivity contribution in [3.05, 3.63) is 11.5 Å². The fraction of sp³-hybridized carbons (Fsp3) is 0.667. The smallest absolute Gasteiger partial charge is 0.208 e. The Balaban J connectivity index is 2.23. The molecular weight excluding hydrogens is 314 g/mol. The van der Waals surface area contributed by atoms with Crippen molar-refractivity contribution < 1.29 is 8.42 Å². The number of nitrogens with one attached hydrogen (secondary N) is 1. The molecule has 0 bridgehead atoms. The van der Waals surface area contributed by atoms with E-state index in [1.165, 1.54) is 0 Å². The van der Waals surface area contributed by atoms with Crippen molar-refractivity contribution >= 4 is 32.8 Å². The summed E-state index contributed by atoms with van der Waals surface area (Å²) in [6.45, 7) is 3.07. The molecule has 0 aliphatic rings. The number of halogens is 1. The molecule has 7 nitrogen and oxygen atoms in total. The average molecular weight is 334 g/mol. The first-order valence-electron chi connectivity index (χ1n) is 6.79. The number of fused-ring (bicyclic) bond motifs is 1. The second kappa shape index (κ2) is 6.33.